The van der Waals surface area contributed by atoms with Crippen LogP contribution in [0.15, 0.2) is 0 Å². The fourth-order valence-corrected chi connectivity index (χ4v) is 3.47. The lowest BCUT2D eigenvalue weighted by atomic mass is 10.2. The third-order valence-electron chi connectivity index (χ3n) is 3.16. The topological polar surface area (TPSA) is 122 Å². The molecule has 0 radical (unpaired) electrons. The minimum atomic E-state index is -1.29. The lowest BCUT2D eigenvalue weighted by Crippen LogP contribution is -2.51. The Bertz CT molecular complexity index is 378. The van der Waals surface area contributed by atoms with Crippen molar-refractivity contribution in [3.63, 3.8) is 0 Å². The van der Waals surface area contributed by atoms with Gasteiger partial charge in [-0.25, -0.2) is 9.59 Å². The van der Waals surface area contributed by atoms with Crippen LogP contribution in [-0.4, -0.2) is 46.1 Å². The van der Waals surface area contributed by atoms with E-state index in [2.05, 4.69) is 17.6 Å². The van der Waals surface area contributed by atoms with Gasteiger partial charge in [-0.05, 0) is 18.6 Å². The van der Waals surface area contributed by atoms with Crippen molar-refractivity contribution >= 4 is 29.7 Å². The van der Waals surface area contributed by atoms with Crippen molar-refractivity contribution in [2.45, 2.75) is 49.9 Å². The van der Waals surface area contributed by atoms with Gasteiger partial charge in [-0.1, -0.05) is 13.3 Å². The van der Waals surface area contributed by atoms with E-state index in [-0.39, 0.29) is 6.04 Å². The number of carbonyl (C=O) groups is 3. The average Bonchev–Trinajstić information content (AvgIpc) is 2.75. The van der Waals surface area contributed by atoms with Gasteiger partial charge >= 0.3 is 12.0 Å². The monoisotopic (exact) mass is 303 g/mol. The Kier molecular flexibility index (Phi) is 6.63. The maximum absolute atomic E-state index is 11.8. The van der Waals surface area contributed by atoms with E-state index in [1.807, 2.05) is 0 Å². The highest BCUT2D eigenvalue weighted by Crippen LogP contribution is 2.29. The van der Waals surface area contributed by atoms with Crippen LogP contribution in [-0.2, 0) is 9.59 Å². The molecule has 1 rings (SSSR count). The van der Waals surface area contributed by atoms with Crippen LogP contribution < -0.4 is 16.4 Å². The molecule has 0 aromatic rings. The molecular formula is C12H21N3O4S. The predicted molar refractivity (Wildman–Crippen MR) is 76.5 cm³/mol. The predicted octanol–water partition coefficient (Wildman–Crippen LogP) is 0.288. The Labute approximate surface area is 122 Å². The molecule has 1 saturated carbocycles. The lowest BCUT2D eigenvalue weighted by Gasteiger charge is -2.21. The van der Waals surface area contributed by atoms with Gasteiger partial charge < -0.3 is 21.5 Å². The van der Waals surface area contributed by atoms with Crippen molar-refractivity contribution in [1.29, 1.82) is 0 Å². The van der Waals surface area contributed by atoms with Gasteiger partial charge in [-0.2, -0.15) is 11.8 Å². The van der Waals surface area contributed by atoms with Gasteiger partial charge in [0.05, 0.1) is 6.42 Å². The molecule has 8 heteroatoms. The maximum Gasteiger partial charge on any atom is 0.326 e. The molecule has 114 valence electrons. The molecule has 1 aliphatic carbocycles. The number of thioether (sulfide) groups is 1. The molecule has 0 aromatic carbocycles. The summed E-state index contributed by atoms with van der Waals surface area (Å²) in [5.41, 5.74) is 4.95. The van der Waals surface area contributed by atoms with Crippen LogP contribution in [0.5, 0.6) is 0 Å². The quantitative estimate of drug-likeness (QED) is 0.538. The number of nitrogens with one attached hydrogen (secondary N) is 2. The summed E-state index contributed by atoms with van der Waals surface area (Å²) < 4.78 is 0. The van der Waals surface area contributed by atoms with Crippen molar-refractivity contribution in [3.05, 3.63) is 0 Å². The summed E-state index contributed by atoms with van der Waals surface area (Å²) in [5, 5.41) is 14.3. The van der Waals surface area contributed by atoms with Crippen molar-refractivity contribution in [2.24, 2.45) is 5.73 Å². The summed E-state index contributed by atoms with van der Waals surface area (Å²) in [6.45, 7) is 2.06. The van der Waals surface area contributed by atoms with Crippen molar-refractivity contribution in [3.8, 4) is 0 Å². The van der Waals surface area contributed by atoms with Crippen LogP contribution in [0.3, 0.4) is 0 Å². The van der Waals surface area contributed by atoms with Crippen LogP contribution in [0, 0.1) is 0 Å². The SMILES string of the molecule is CCSC1CCCC1NC(=O)N[C@@H](CC(N)=O)C(=O)O. The first-order valence-electron chi connectivity index (χ1n) is 6.63. The van der Waals surface area contributed by atoms with E-state index in [9.17, 15) is 14.4 Å². The van der Waals surface area contributed by atoms with E-state index >= 15 is 0 Å². The molecule has 0 bridgehead atoms. The number of amides is 3. The molecule has 0 saturated heterocycles. The van der Waals surface area contributed by atoms with Gasteiger partial charge in [-0.15, -0.1) is 0 Å². The third-order valence-corrected chi connectivity index (χ3v) is 4.48. The summed E-state index contributed by atoms with van der Waals surface area (Å²) in [6, 6.07) is -1.80. The zero-order valence-corrected chi connectivity index (χ0v) is 12.2. The summed E-state index contributed by atoms with van der Waals surface area (Å²) in [6.07, 6.45) is 2.57. The zero-order valence-electron chi connectivity index (χ0n) is 11.4. The van der Waals surface area contributed by atoms with E-state index in [4.69, 9.17) is 10.8 Å². The van der Waals surface area contributed by atoms with E-state index in [1.54, 1.807) is 11.8 Å². The number of rotatable bonds is 7. The van der Waals surface area contributed by atoms with E-state index < -0.39 is 30.4 Å². The molecule has 3 atom stereocenters. The van der Waals surface area contributed by atoms with Crippen LogP contribution in [0.1, 0.15) is 32.6 Å². The van der Waals surface area contributed by atoms with Crippen LogP contribution >= 0.6 is 11.8 Å². The van der Waals surface area contributed by atoms with Gasteiger partial charge in [0, 0.05) is 11.3 Å². The second-order valence-electron chi connectivity index (χ2n) is 4.71. The summed E-state index contributed by atoms with van der Waals surface area (Å²) in [4.78, 5) is 33.5. The maximum atomic E-state index is 11.8. The van der Waals surface area contributed by atoms with Gasteiger partial charge in [0.2, 0.25) is 5.91 Å². The Morgan fingerprint density at radius 2 is 2.10 bits per heavy atom. The number of carbonyl (C=O) groups excluding carboxylic acids is 2. The number of hydrogen-bond donors (Lipinski definition) is 4. The summed E-state index contributed by atoms with van der Waals surface area (Å²) in [7, 11) is 0. The molecule has 2 unspecified atom stereocenters. The minimum absolute atomic E-state index is 0.0444. The third kappa shape index (κ3) is 5.28. The zero-order chi connectivity index (χ0) is 15.1. The molecule has 5 N–H and O–H groups in total. The second-order valence-corrected chi connectivity index (χ2v) is 6.23. The molecule has 0 aromatic heterocycles. The number of carboxylic acids is 1. The first-order chi connectivity index (χ1) is 9.43. The van der Waals surface area contributed by atoms with E-state index in [0.717, 1.165) is 25.0 Å². The Balaban J connectivity index is 2.48. The molecule has 20 heavy (non-hydrogen) atoms. The molecule has 0 heterocycles. The van der Waals surface area contributed by atoms with Gasteiger partial charge in [0.25, 0.3) is 0 Å². The highest BCUT2D eigenvalue weighted by atomic mass is 32.2. The lowest BCUT2D eigenvalue weighted by molar-refractivity contribution is -0.140. The van der Waals surface area contributed by atoms with E-state index in [1.165, 1.54) is 0 Å². The van der Waals surface area contributed by atoms with Crippen molar-refractivity contribution in [1.82, 2.24) is 10.6 Å². The Morgan fingerprint density at radius 1 is 1.40 bits per heavy atom. The molecular weight excluding hydrogens is 282 g/mol. The van der Waals surface area contributed by atoms with E-state index in [0.29, 0.717) is 5.25 Å². The van der Waals surface area contributed by atoms with Crippen LogP contribution in [0.2, 0.25) is 0 Å². The molecule has 0 aliphatic heterocycles. The first-order valence-corrected chi connectivity index (χ1v) is 7.68. The summed E-state index contributed by atoms with van der Waals surface area (Å²) >= 11 is 1.79. The largest absolute Gasteiger partial charge is 0.480 e. The molecule has 0 spiro atoms. The number of primary amides is 1. The first kappa shape index (κ1) is 16.6. The highest BCUT2D eigenvalue weighted by molar-refractivity contribution is 7.99. The number of carboxylic acid groups (broad SMARTS) is 1. The standard InChI is InChI=1S/C12H21N3O4S/c1-2-20-9-5-3-4-7(9)14-12(19)15-8(11(17)18)6-10(13)16/h7-9H,2-6H2,1H3,(H2,13,16)(H,17,18)(H2,14,15,19)/t7?,8-,9?/m0/s1. The Morgan fingerprint density at radius 3 is 2.65 bits per heavy atom. The van der Waals surface area contributed by atoms with Gasteiger partial charge in [0.1, 0.15) is 6.04 Å². The van der Waals surface area contributed by atoms with Gasteiger partial charge in [0.15, 0.2) is 0 Å². The molecule has 1 fully saturated rings. The molecule has 7 nitrogen and oxygen atoms in total. The number of urea groups is 1. The second kappa shape index (κ2) is 7.98. The van der Waals surface area contributed by atoms with Crippen LogP contribution in [0.4, 0.5) is 4.79 Å². The summed E-state index contributed by atoms with van der Waals surface area (Å²) in [5.74, 6) is -1.06. The average molecular weight is 303 g/mol. The van der Waals surface area contributed by atoms with Crippen LogP contribution in [0.25, 0.3) is 0 Å². The highest BCUT2D eigenvalue weighted by Gasteiger charge is 2.30. The van der Waals surface area contributed by atoms with Gasteiger partial charge in [-0.3, -0.25) is 4.79 Å². The van der Waals surface area contributed by atoms with Crippen molar-refractivity contribution in [2.75, 3.05) is 5.75 Å². The molecule has 3 amide bonds. The fraction of sp³-hybridized carbons (Fsp3) is 0.750. The smallest absolute Gasteiger partial charge is 0.326 e. The number of aliphatic carboxylic acids is 1. The number of nitrogens with two attached hydrogens (primary N) is 1. The van der Waals surface area contributed by atoms with Crippen molar-refractivity contribution < 1.29 is 19.5 Å². The normalized spacial score (nSPS) is 23.1. The Hall–Kier alpha value is -1.44. The molecule has 1 aliphatic rings. The fourth-order valence-electron chi connectivity index (χ4n) is 2.27. The minimum Gasteiger partial charge on any atom is -0.480 e. The number of hydrogen-bond acceptors (Lipinski definition) is 4.